The fraction of sp³-hybridized carbons (Fsp3) is 0.200. The van der Waals surface area contributed by atoms with Gasteiger partial charge < -0.3 is 4.74 Å². The zero-order valence-electron chi connectivity index (χ0n) is 13.4. The third-order valence-electron chi connectivity index (χ3n) is 3.89. The number of hydrogen-bond donors (Lipinski definition) is 0. The van der Waals surface area contributed by atoms with Gasteiger partial charge in [-0.15, -0.1) is 0 Å². The van der Waals surface area contributed by atoms with Gasteiger partial charge in [0.1, 0.15) is 6.61 Å². The molecule has 0 aliphatic carbocycles. The monoisotopic (exact) mass is 319 g/mol. The lowest BCUT2D eigenvalue weighted by molar-refractivity contribution is 0.101. The van der Waals surface area contributed by atoms with Crippen LogP contribution in [0.4, 0.5) is 4.79 Å². The molecule has 0 spiro atoms. The molecule has 0 saturated carbocycles. The number of amides is 1. The SMILES string of the molecule is CC(=O)c1ccc(C#CN2C(=O)OC[C@@H]2Cc2ccccc2)cc1. The van der Waals surface area contributed by atoms with Crippen LogP contribution in [-0.4, -0.2) is 29.4 Å². The Morgan fingerprint density at radius 1 is 1.17 bits per heavy atom. The maximum atomic E-state index is 11.9. The van der Waals surface area contributed by atoms with Gasteiger partial charge in [-0.2, -0.15) is 0 Å². The fourth-order valence-electron chi connectivity index (χ4n) is 2.55. The maximum Gasteiger partial charge on any atom is 0.422 e. The van der Waals surface area contributed by atoms with E-state index in [1.165, 1.54) is 11.8 Å². The van der Waals surface area contributed by atoms with Crippen LogP contribution < -0.4 is 0 Å². The summed E-state index contributed by atoms with van der Waals surface area (Å²) in [7, 11) is 0. The van der Waals surface area contributed by atoms with Gasteiger partial charge in [0, 0.05) is 17.2 Å². The normalized spacial score (nSPS) is 16.3. The van der Waals surface area contributed by atoms with Gasteiger partial charge >= 0.3 is 6.09 Å². The lowest BCUT2D eigenvalue weighted by Crippen LogP contribution is -2.30. The highest BCUT2D eigenvalue weighted by Gasteiger charge is 2.32. The number of ether oxygens (including phenoxy) is 1. The van der Waals surface area contributed by atoms with E-state index in [1.54, 1.807) is 24.3 Å². The number of ketones is 1. The van der Waals surface area contributed by atoms with Gasteiger partial charge in [-0.3, -0.25) is 4.79 Å². The molecule has 3 rings (SSSR count). The molecule has 0 aromatic heterocycles. The predicted octanol–water partition coefficient (Wildman–Crippen LogP) is 3.26. The van der Waals surface area contributed by atoms with Crippen molar-refractivity contribution < 1.29 is 14.3 Å². The molecular formula is C20H17NO3. The molecule has 0 unspecified atom stereocenters. The Bertz CT molecular complexity index is 800. The minimum absolute atomic E-state index is 0.0144. The molecular weight excluding hydrogens is 302 g/mol. The van der Waals surface area contributed by atoms with Crippen molar-refractivity contribution in [1.82, 2.24) is 4.90 Å². The number of cyclic esters (lactones) is 1. The van der Waals surface area contributed by atoms with E-state index in [9.17, 15) is 9.59 Å². The third kappa shape index (κ3) is 3.64. The second-order valence-corrected chi connectivity index (χ2v) is 5.66. The molecule has 1 amide bonds. The van der Waals surface area contributed by atoms with Crippen LogP contribution in [0.25, 0.3) is 0 Å². The Labute approximate surface area is 141 Å². The Morgan fingerprint density at radius 2 is 1.88 bits per heavy atom. The smallest absolute Gasteiger partial charge is 0.422 e. The van der Waals surface area contributed by atoms with Gasteiger partial charge in [0.05, 0.1) is 6.04 Å². The average molecular weight is 319 g/mol. The van der Waals surface area contributed by atoms with Crippen LogP contribution in [0.2, 0.25) is 0 Å². The topological polar surface area (TPSA) is 46.6 Å². The maximum absolute atomic E-state index is 11.9. The van der Waals surface area contributed by atoms with Crippen LogP contribution >= 0.6 is 0 Å². The quantitative estimate of drug-likeness (QED) is 0.644. The second-order valence-electron chi connectivity index (χ2n) is 5.66. The number of carbonyl (C=O) groups is 2. The van der Waals surface area contributed by atoms with Crippen LogP contribution in [-0.2, 0) is 11.2 Å². The molecule has 1 fully saturated rings. The van der Waals surface area contributed by atoms with Crippen molar-refractivity contribution in [3.63, 3.8) is 0 Å². The summed E-state index contributed by atoms with van der Waals surface area (Å²) < 4.78 is 5.13. The van der Waals surface area contributed by atoms with Gasteiger partial charge in [0.15, 0.2) is 5.78 Å². The van der Waals surface area contributed by atoms with Crippen LogP contribution in [0.15, 0.2) is 54.6 Å². The molecule has 4 nitrogen and oxygen atoms in total. The van der Waals surface area contributed by atoms with E-state index in [1.807, 2.05) is 30.3 Å². The van der Waals surface area contributed by atoms with Crippen molar-refractivity contribution >= 4 is 11.9 Å². The lowest BCUT2D eigenvalue weighted by atomic mass is 10.1. The van der Waals surface area contributed by atoms with Crippen LogP contribution in [0.1, 0.15) is 28.4 Å². The second kappa shape index (κ2) is 7.01. The summed E-state index contributed by atoms with van der Waals surface area (Å²) in [5, 5.41) is 0. The van der Waals surface area contributed by atoms with Crippen LogP contribution in [0.5, 0.6) is 0 Å². The standard InChI is InChI=1S/C20H17NO3/c1-15(22)18-9-7-16(8-10-18)11-12-21-19(14-24-20(21)23)13-17-5-3-2-4-6-17/h2-10,19H,13-14H2,1H3/t19-/m0/s1. The summed E-state index contributed by atoms with van der Waals surface area (Å²) in [6.45, 7) is 1.86. The van der Waals surface area contributed by atoms with Crippen molar-refractivity contribution in [2.24, 2.45) is 0 Å². The number of Topliss-reactive ketones (excluding diaryl/α,β-unsaturated/α-hetero) is 1. The van der Waals surface area contributed by atoms with Gasteiger partial charge in [0.25, 0.3) is 0 Å². The van der Waals surface area contributed by atoms with Gasteiger partial charge in [-0.25, -0.2) is 9.69 Å². The molecule has 2 aromatic carbocycles. The molecule has 1 saturated heterocycles. The third-order valence-corrected chi connectivity index (χ3v) is 3.89. The summed E-state index contributed by atoms with van der Waals surface area (Å²) >= 11 is 0. The fourth-order valence-corrected chi connectivity index (χ4v) is 2.55. The van der Waals surface area contributed by atoms with Crippen molar-refractivity contribution in [2.45, 2.75) is 19.4 Å². The van der Waals surface area contributed by atoms with E-state index in [0.29, 0.717) is 18.6 Å². The first-order valence-corrected chi connectivity index (χ1v) is 7.76. The summed E-state index contributed by atoms with van der Waals surface area (Å²) in [6.07, 6.45) is 0.286. The summed E-state index contributed by atoms with van der Waals surface area (Å²) in [5.41, 5.74) is 2.53. The van der Waals surface area contributed by atoms with Gasteiger partial charge in [-0.1, -0.05) is 42.5 Å². The zero-order valence-corrected chi connectivity index (χ0v) is 13.4. The molecule has 2 aromatic rings. The van der Waals surface area contributed by atoms with E-state index < -0.39 is 6.09 Å². The first-order valence-electron chi connectivity index (χ1n) is 7.76. The van der Waals surface area contributed by atoms with E-state index in [4.69, 9.17) is 4.74 Å². The summed E-state index contributed by atoms with van der Waals surface area (Å²) in [6, 6.07) is 19.8. The molecule has 1 aliphatic rings. The zero-order chi connectivity index (χ0) is 16.9. The van der Waals surface area contributed by atoms with Crippen molar-refractivity contribution in [2.75, 3.05) is 6.61 Å². The van der Waals surface area contributed by atoms with E-state index in [-0.39, 0.29) is 11.8 Å². The van der Waals surface area contributed by atoms with E-state index >= 15 is 0 Å². The van der Waals surface area contributed by atoms with Crippen molar-refractivity contribution in [1.29, 1.82) is 0 Å². The van der Waals surface area contributed by atoms with Crippen molar-refractivity contribution in [3.05, 3.63) is 71.3 Å². The van der Waals surface area contributed by atoms with E-state index in [0.717, 1.165) is 11.1 Å². The molecule has 1 heterocycles. The number of hydrogen-bond acceptors (Lipinski definition) is 3. The highest BCUT2D eigenvalue weighted by molar-refractivity contribution is 5.94. The highest BCUT2D eigenvalue weighted by Crippen LogP contribution is 2.16. The van der Waals surface area contributed by atoms with Crippen molar-refractivity contribution in [3.8, 4) is 12.0 Å². The molecule has 1 aliphatic heterocycles. The lowest BCUT2D eigenvalue weighted by Gasteiger charge is -2.14. The number of nitrogens with zero attached hydrogens (tertiary/aromatic N) is 1. The Hall–Kier alpha value is -3.06. The number of benzene rings is 2. The first kappa shape index (κ1) is 15.8. The summed E-state index contributed by atoms with van der Waals surface area (Å²) in [4.78, 5) is 24.6. The summed E-state index contributed by atoms with van der Waals surface area (Å²) in [5.74, 6) is 2.98. The number of carbonyl (C=O) groups excluding carboxylic acids is 2. The first-order chi connectivity index (χ1) is 11.6. The average Bonchev–Trinajstić information content (AvgIpc) is 2.94. The van der Waals surface area contributed by atoms with Gasteiger partial charge in [0.2, 0.25) is 0 Å². The molecule has 120 valence electrons. The Balaban J connectivity index is 1.74. The molecule has 1 atom stereocenters. The van der Waals surface area contributed by atoms with Gasteiger partial charge in [-0.05, 0) is 37.0 Å². The molecule has 4 heteroatoms. The molecule has 0 N–H and O–H groups in total. The largest absolute Gasteiger partial charge is 0.446 e. The number of rotatable bonds is 3. The minimum atomic E-state index is -0.413. The van der Waals surface area contributed by atoms with E-state index in [2.05, 4.69) is 12.0 Å². The highest BCUT2D eigenvalue weighted by atomic mass is 16.6. The molecule has 0 bridgehead atoms. The minimum Gasteiger partial charge on any atom is -0.446 e. The predicted molar refractivity (Wildman–Crippen MR) is 90.4 cm³/mol. The van der Waals surface area contributed by atoms with Crippen LogP contribution in [0, 0.1) is 12.0 Å². The molecule has 24 heavy (non-hydrogen) atoms. The molecule has 0 radical (unpaired) electrons. The Morgan fingerprint density at radius 3 is 2.54 bits per heavy atom. The Kier molecular flexibility index (Phi) is 4.62. The van der Waals surface area contributed by atoms with Crippen LogP contribution in [0.3, 0.4) is 0 Å².